The molecule has 4 nitrogen and oxygen atoms in total. The molecule has 0 radical (unpaired) electrons. The average Bonchev–Trinajstić information content (AvgIpc) is 3.01. The molecule has 0 saturated heterocycles. The molecule has 5 rings (SSSR count). The van der Waals surface area contributed by atoms with Crippen molar-refractivity contribution in [3.8, 4) is 0 Å². The van der Waals surface area contributed by atoms with Gasteiger partial charge in [-0.25, -0.2) is 0 Å². The summed E-state index contributed by atoms with van der Waals surface area (Å²) in [4.78, 5) is 26.8. The second kappa shape index (κ2) is 12.8. The monoisotopic (exact) mass is 528 g/mol. The zero-order valence-corrected chi connectivity index (χ0v) is 22.4. The molecule has 0 heterocycles. The summed E-state index contributed by atoms with van der Waals surface area (Å²) in [5.41, 5.74) is 2.96. The third kappa shape index (κ3) is 6.87. The summed E-state index contributed by atoms with van der Waals surface area (Å²) in [7, 11) is -0.994. The van der Waals surface area contributed by atoms with Gasteiger partial charge in [0.05, 0.1) is 0 Å². The SMILES string of the molecule is O=C(NCc1ccccc1)c1cc(C(=O)NCc2ccccc2)cc(P(c2ccccc2)c2ccccc2)c1. The molecule has 5 aromatic rings. The second-order valence-corrected chi connectivity index (χ2v) is 11.3. The zero-order chi connectivity index (χ0) is 26.9. The van der Waals surface area contributed by atoms with E-state index in [1.807, 2.05) is 109 Å². The number of nitrogens with one attached hydrogen (secondary N) is 2. The van der Waals surface area contributed by atoms with Gasteiger partial charge in [-0.05, 0) is 53.2 Å². The van der Waals surface area contributed by atoms with Gasteiger partial charge in [0.15, 0.2) is 0 Å². The minimum Gasteiger partial charge on any atom is -0.348 e. The van der Waals surface area contributed by atoms with E-state index in [-0.39, 0.29) is 11.8 Å². The quantitative estimate of drug-likeness (QED) is 0.255. The van der Waals surface area contributed by atoms with E-state index in [2.05, 4.69) is 34.9 Å². The standard InChI is InChI=1S/C34H29N2O2P/c37-33(35-24-26-13-5-1-6-14-26)28-21-29(34(38)36-25-27-15-7-2-8-16-27)23-32(22-28)39(30-17-9-3-10-18-30)31-19-11-4-12-20-31/h1-23H,24-25H2,(H,35,37)(H,36,38). The lowest BCUT2D eigenvalue weighted by Crippen LogP contribution is -2.29. The average molecular weight is 529 g/mol. The fraction of sp³-hybridized carbons (Fsp3) is 0.0588. The van der Waals surface area contributed by atoms with Crippen LogP contribution in [0.15, 0.2) is 140 Å². The first kappa shape index (κ1) is 26.1. The normalized spacial score (nSPS) is 10.7. The molecule has 192 valence electrons. The Bertz CT molecular complexity index is 1410. The lowest BCUT2D eigenvalue weighted by atomic mass is 10.1. The van der Waals surface area contributed by atoms with Crippen molar-refractivity contribution < 1.29 is 9.59 Å². The predicted octanol–water partition coefficient (Wildman–Crippen LogP) is 5.30. The van der Waals surface area contributed by atoms with Gasteiger partial charge >= 0.3 is 0 Å². The summed E-state index contributed by atoms with van der Waals surface area (Å²) >= 11 is 0. The summed E-state index contributed by atoms with van der Waals surface area (Å²) < 4.78 is 0. The smallest absolute Gasteiger partial charge is 0.251 e. The third-order valence-electron chi connectivity index (χ3n) is 6.32. The maximum Gasteiger partial charge on any atom is 0.251 e. The van der Waals surface area contributed by atoms with Crippen molar-refractivity contribution in [2.24, 2.45) is 0 Å². The minimum absolute atomic E-state index is 0.214. The molecular formula is C34H29N2O2P. The van der Waals surface area contributed by atoms with Gasteiger partial charge in [0.25, 0.3) is 11.8 Å². The van der Waals surface area contributed by atoms with E-state index in [9.17, 15) is 9.59 Å². The summed E-state index contributed by atoms with van der Waals surface area (Å²) in [6.07, 6.45) is 0. The highest BCUT2D eigenvalue weighted by Gasteiger charge is 2.21. The number of hydrogen-bond acceptors (Lipinski definition) is 2. The zero-order valence-electron chi connectivity index (χ0n) is 21.5. The van der Waals surface area contributed by atoms with Crippen molar-refractivity contribution in [3.05, 3.63) is 162 Å². The number of carbonyl (C=O) groups is 2. The van der Waals surface area contributed by atoms with E-state index >= 15 is 0 Å². The van der Waals surface area contributed by atoms with E-state index < -0.39 is 7.92 Å². The van der Waals surface area contributed by atoms with Gasteiger partial charge in [0.2, 0.25) is 0 Å². The highest BCUT2D eigenvalue weighted by Crippen LogP contribution is 2.33. The lowest BCUT2D eigenvalue weighted by molar-refractivity contribution is 0.0950. The highest BCUT2D eigenvalue weighted by molar-refractivity contribution is 7.79. The van der Waals surface area contributed by atoms with Crippen molar-refractivity contribution in [2.75, 3.05) is 0 Å². The molecule has 5 heteroatoms. The largest absolute Gasteiger partial charge is 0.348 e. The molecule has 0 saturated carbocycles. The van der Waals surface area contributed by atoms with Gasteiger partial charge < -0.3 is 10.6 Å². The Labute approximate surface area is 230 Å². The van der Waals surface area contributed by atoms with Crippen molar-refractivity contribution in [3.63, 3.8) is 0 Å². The van der Waals surface area contributed by atoms with Crippen molar-refractivity contribution in [1.29, 1.82) is 0 Å². The van der Waals surface area contributed by atoms with Crippen molar-refractivity contribution in [1.82, 2.24) is 10.6 Å². The van der Waals surface area contributed by atoms with Gasteiger partial charge in [-0.2, -0.15) is 0 Å². The van der Waals surface area contributed by atoms with Crippen LogP contribution in [0.3, 0.4) is 0 Å². The Morgan fingerprint density at radius 2 is 0.821 bits per heavy atom. The summed E-state index contributed by atoms with van der Waals surface area (Å²) in [5.74, 6) is -0.428. The van der Waals surface area contributed by atoms with Crippen LogP contribution in [-0.4, -0.2) is 11.8 Å². The minimum atomic E-state index is -0.994. The molecular weight excluding hydrogens is 499 g/mol. The topological polar surface area (TPSA) is 58.2 Å². The van der Waals surface area contributed by atoms with Crippen LogP contribution in [-0.2, 0) is 13.1 Å². The lowest BCUT2D eigenvalue weighted by Gasteiger charge is -2.21. The summed E-state index contributed by atoms with van der Waals surface area (Å²) in [6, 6.07) is 45.7. The molecule has 0 aliphatic heterocycles. The number of hydrogen-bond donors (Lipinski definition) is 2. The van der Waals surface area contributed by atoms with Crippen LogP contribution < -0.4 is 26.5 Å². The first-order chi connectivity index (χ1) is 19.2. The van der Waals surface area contributed by atoms with Crippen LogP contribution in [0.1, 0.15) is 31.8 Å². The molecule has 5 aromatic carbocycles. The molecule has 0 spiro atoms. The molecule has 0 unspecified atom stereocenters. The molecule has 0 aromatic heterocycles. The van der Waals surface area contributed by atoms with E-state index in [0.717, 1.165) is 27.0 Å². The van der Waals surface area contributed by atoms with Crippen LogP contribution >= 0.6 is 7.92 Å². The van der Waals surface area contributed by atoms with E-state index in [4.69, 9.17) is 0 Å². The first-order valence-corrected chi connectivity index (χ1v) is 14.2. The number of rotatable bonds is 9. The van der Waals surface area contributed by atoms with Crippen LogP contribution in [0, 0.1) is 0 Å². The number of amides is 2. The second-order valence-electron chi connectivity index (χ2n) is 9.11. The maximum atomic E-state index is 13.4. The Balaban J connectivity index is 1.51. The Morgan fingerprint density at radius 1 is 0.462 bits per heavy atom. The van der Waals surface area contributed by atoms with Gasteiger partial charge in [-0.3, -0.25) is 9.59 Å². The molecule has 0 bridgehead atoms. The molecule has 0 atom stereocenters. The van der Waals surface area contributed by atoms with Crippen LogP contribution in [0.25, 0.3) is 0 Å². The van der Waals surface area contributed by atoms with Gasteiger partial charge in [0.1, 0.15) is 0 Å². The Morgan fingerprint density at radius 3 is 1.21 bits per heavy atom. The Hall–Kier alpha value is -4.53. The van der Waals surface area contributed by atoms with Gasteiger partial charge in [0, 0.05) is 24.2 Å². The fourth-order valence-corrected chi connectivity index (χ4v) is 6.74. The number of carbonyl (C=O) groups excluding carboxylic acids is 2. The molecule has 0 aliphatic carbocycles. The molecule has 2 amide bonds. The Kier molecular flexibility index (Phi) is 8.58. The predicted molar refractivity (Wildman–Crippen MR) is 160 cm³/mol. The molecule has 2 N–H and O–H groups in total. The van der Waals surface area contributed by atoms with Gasteiger partial charge in [-0.1, -0.05) is 121 Å². The molecule has 0 fully saturated rings. The van der Waals surface area contributed by atoms with E-state index in [1.165, 1.54) is 0 Å². The molecule has 39 heavy (non-hydrogen) atoms. The first-order valence-electron chi connectivity index (χ1n) is 12.9. The third-order valence-corrected chi connectivity index (χ3v) is 8.72. The highest BCUT2D eigenvalue weighted by atomic mass is 31.1. The maximum absolute atomic E-state index is 13.4. The number of benzene rings is 5. The van der Waals surface area contributed by atoms with Gasteiger partial charge in [-0.15, -0.1) is 0 Å². The van der Waals surface area contributed by atoms with Crippen LogP contribution in [0.4, 0.5) is 0 Å². The molecule has 0 aliphatic rings. The van der Waals surface area contributed by atoms with Crippen LogP contribution in [0.5, 0.6) is 0 Å². The van der Waals surface area contributed by atoms with E-state index in [0.29, 0.717) is 24.2 Å². The van der Waals surface area contributed by atoms with Crippen LogP contribution in [0.2, 0.25) is 0 Å². The summed E-state index contributed by atoms with van der Waals surface area (Å²) in [5, 5.41) is 9.29. The van der Waals surface area contributed by atoms with Crippen molar-refractivity contribution in [2.45, 2.75) is 13.1 Å². The van der Waals surface area contributed by atoms with E-state index in [1.54, 1.807) is 6.07 Å². The summed E-state index contributed by atoms with van der Waals surface area (Å²) in [6.45, 7) is 0.817. The fourth-order valence-electron chi connectivity index (χ4n) is 4.36. The van der Waals surface area contributed by atoms with Crippen molar-refractivity contribution >= 4 is 35.6 Å².